The van der Waals surface area contributed by atoms with Gasteiger partial charge in [0.1, 0.15) is 11.3 Å². The summed E-state index contributed by atoms with van der Waals surface area (Å²) in [4.78, 5) is 6.22. The number of rotatable bonds is 11. The van der Waals surface area contributed by atoms with Crippen molar-refractivity contribution in [1.29, 1.82) is 0 Å². The number of fused-ring (bicyclic) bond motifs is 1. The van der Waals surface area contributed by atoms with Gasteiger partial charge in [0, 0.05) is 35.7 Å². The molecule has 0 aliphatic rings. The minimum Gasteiger partial charge on any atom is -0.454 e. The van der Waals surface area contributed by atoms with Gasteiger partial charge in [-0.2, -0.15) is 13.2 Å². The molecule has 0 bridgehead atoms. The largest absolute Gasteiger partial charge is 0.454 e. The molecule has 0 aliphatic heterocycles. The van der Waals surface area contributed by atoms with Crippen LogP contribution in [0, 0.1) is 0 Å². The van der Waals surface area contributed by atoms with Gasteiger partial charge in [0.2, 0.25) is 0 Å². The standard InChI is InChI=1S/C27H30F3N3OS/c1-3-4-5-6-7-10-15-33(2)23-14-13-20(17-21(23)27(28,29)30)31-26-32-22(18-35-26)25-16-19-11-8-9-12-24(19)34-25/h8-9,11-14,16-18H,3-7,10,15H2,1-2H3,(H,31,32). The molecule has 0 unspecified atom stereocenters. The van der Waals surface area contributed by atoms with Gasteiger partial charge in [-0.15, -0.1) is 11.3 Å². The van der Waals surface area contributed by atoms with Crippen LogP contribution >= 0.6 is 11.3 Å². The summed E-state index contributed by atoms with van der Waals surface area (Å²) in [6, 6.07) is 13.9. The Hall–Kier alpha value is -3.00. The third-order valence-electron chi connectivity index (χ3n) is 5.99. The molecule has 0 aliphatic carbocycles. The SMILES string of the molecule is CCCCCCCCN(C)c1ccc(Nc2nc(-c3cc4ccccc4o3)cs2)cc1C(F)(F)F. The molecule has 0 saturated carbocycles. The molecule has 0 amide bonds. The highest BCUT2D eigenvalue weighted by atomic mass is 32.1. The van der Waals surface area contributed by atoms with Crippen molar-refractivity contribution in [2.75, 3.05) is 23.8 Å². The van der Waals surface area contributed by atoms with Crippen molar-refractivity contribution in [3.8, 4) is 11.5 Å². The number of para-hydroxylation sites is 1. The first-order valence-corrected chi connectivity index (χ1v) is 12.9. The molecule has 2 aromatic heterocycles. The highest BCUT2D eigenvalue weighted by Gasteiger charge is 2.34. The molecule has 4 rings (SSSR count). The maximum Gasteiger partial charge on any atom is 0.418 e. The Labute approximate surface area is 207 Å². The fourth-order valence-electron chi connectivity index (χ4n) is 4.10. The molecule has 0 spiro atoms. The molecule has 0 radical (unpaired) electrons. The summed E-state index contributed by atoms with van der Waals surface area (Å²) >= 11 is 1.32. The van der Waals surface area contributed by atoms with Crippen LogP contribution < -0.4 is 10.2 Å². The van der Waals surface area contributed by atoms with E-state index in [2.05, 4.69) is 17.2 Å². The Kier molecular flexibility index (Phi) is 8.00. The number of alkyl halides is 3. The van der Waals surface area contributed by atoms with Crippen molar-refractivity contribution in [1.82, 2.24) is 4.98 Å². The van der Waals surface area contributed by atoms with E-state index in [0.717, 1.165) is 36.3 Å². The Morgan fingerprint density at radius 2 is 1.77 bits per heavy atom. The van der Waals surface area contributed by atoms with Gasteiger partial charge in [-0.3, -0.25) is 0 Å². The van der Waals surface area contributed by atoms with Gasteiger partial charge in [0.15, 0.2) is 10.9 Å². The molecule has 1 N–H and O–H groups in total. The molecule has 4 nitrogen and oxygen atoms in total. The van der Waals surface area contributed by atoms with Gasteiger partial charge in [-0.25, -0.2) is 4.98 Å². The zero-order valence-corrected chi connectivity index (χ0v) is 20.8. The first kappa shape index (κ1) is 25.1. The van der Waals surface area contributed by atoms with Gasteiger partial charge in [-0.05, 0) is 36.8 Å². The monoisotopic (exact) mass is 501 g/mol. The number of furan rings is 1. The number of benzene rings is 2. The lowest BCUT2D eigenvalue weighted by Crippen LogP contribution is -2.22. The van der Waals surface area contributed by atoms with Crippen LogP contribution in [0.5, 0.6) is 0 Å². The quantitative estimate of drug-likeness (QED) is 0.208. The van der Waals surface area contributed by atoms with Crippen LogP contribution in [-0.4, -0.2) is 18.6 Å². The first-order valence-electron chi connectivity index (χ1n) is 12.0. The van der Waals surface area contributed by atoms with E-state index in [0.29, 0.717) is 28.8 Å². The number of nitrogens with zero attached hydrogens (tertiary/aromatic N) is 2. The summed E-state index contributed by atoms with van der Waals surface area (Å²) in [7, 11) is 1.73. The number of nitrogens with one attached hydrogen (secondary N) is 1. The molecule has 2 aromatic carbocycles. The summed E-state index contributed by atoms with van der Waals surface area (Å²) in [5.41, 5.74) is 1.30. The summed E-state index contributed by atoms with van der Waals surface area (Å²) in [6.45, 7) is 2.76. The topological polar surface area (TPSA) is 41.3 Å². The lowest BCUT2D eigenvalue weighted by atomic mass is 10.1. The zero-order valence-electron chi connectivity index (χ0n) is 20.0. The minimum absolute atomic E-state index is 0.193. The molecule has 4 aromatic rings. The Morgan fingerprint density at radius 1 is 1.00 bits per heavy atom. The number of anilines is 3. The molecule has 0 atom stereocenters. The highest BCUT2D eigenvalue weighted by molar-refractivity contribution is 7.14. The maximum absolute atomic E-state index is 13.9. The van der Waals surface area contributed by atoms with Crippen LogP contribution in [0.2, 0.25) is 0 Å². The Balaban J connectivity index is 1.46. The number of thiazole rings is 1. The van der Waals surface area contributed by atoms with Crippen LogP contribution in [0.4, 0.5) is 29.7 Å². The van der Waals surface area contributed by atoms with E-state index >= 15 is 0 Å². The zero-order chi connectivity index (χ0) is 24.8. The Morgan fingerprint density at radius 3 is 2.54 bits per heavy atom. The van der Waals surface area contributed by atoms with Crippen molar-refractivity contribution in [3.05, 3.63) is 59.5 Å². The van der Waals surface area contributed by atoms with Crippen molar-refractivity contribution in [2.24, 2.45) is 0 Å². The lowest BCUT2D eigenvalue weighted by molar-refractivity contribution is -0.137. The summed E-state index contributed by atoms with van der Waals surface area (Å²) in [6.07, 6.45) is 2.15. The van der Waals surface area contributed by atoms with Crippen molar-refractivity contribution in [3.63, 3.8) is 0 Å². The predicted molar refractivity (Wildman–Crippen MR) is 139 cm³/mol. The van der Waals surface area contributed by atoms with Crippen LogP contribution in [0.25, 0.3) is 22.4 Å². The van der Waals surface area contributed by atoms with E-state index in [1.807, 2.05) is 35.7 Å². The summed E-state index contributed by atoms with van der Waals surface area (Å²) in [5.74, 6) is 0.623. The number of unbranched alkanes of at least 4 members (excludes halogenated alkanes) is 5. The number of hydrogen-bond acceptors (Lipinski definition) is 5. The molecule has 0 fully saturated rings. The third kappa shape index (κ3) is 6.36. The van der Waals surface area contributed by atoms with Crippen LogP contribution in [0.3, 0.4) is 0 Å². The second-order valence-electron chi connectivity index (χ2n) is 8.73. The fraction of sp³-hybridized carbons (Fsp3) is 0.370. The third-order valence-corrected chi connectivity index (χ3v) is 6.75. The smallest absolute Gasteiger partial charge is 0.418 e. The molecule has 2 heterocycles. The molecular formula is C27H30F3N3OS. The van der Waals surface area contributed by atoms with Crippen molar-refractivity contribution in [2.45, 2.75) is 51.6 Å². The van der Waals surface area contributed by atoms with Gasteiger partial charge >= 0.3 is 6.18 Å². The second-order valence-corrected chi connectivity index (χ2v) is 9.59. The van der Waals surface area contributed by atoms with Crippen LogP contribution in [0.1, 0.15) is 51.0 Å². The normalized spacial score (nSPS) is 11.8. The average molecular weight is 502 g/mol. The summed E-state index contributed by atoms with van der Waals surface area (Å²) in [5, 5.41) is 6.33. The van der Waals surface area contributed by atoms with E-state index < -0.39 is 11.7 Å². The lowest BCUT2D eigenvalue weighted by Gasteiger charge is -2.24. The van der Waals surface area contributed by atoms with E-state index in [-0.39, 0.29) is 5.69 Å². The van der Waals surface area contributed by atoms with Crippen molar-refractivity contribution >= 4 is 38.8 Å². The van der Waals surface area contributed by atoms with Gasteiger partial charge in [0.05, 0.1) is 5.56 Å². The van der Waals surface area contributed by atoms with Crippen molar-refractivity contribution < 1.29 is 17.6 Å². The number of aromatic nitrogens is 1. The maximum atomic E-state index is 13.9. The molecule has 186 valence electrons. The average Bonchev–Trinajstić information content (AvgIpc) is 3.47. The minimum atomic E-state index is -4.45. The van der Waals surface area contributed by atoms with E-state index in [4.69, 9.17) is 4.42 Å². The van der Waals surface area contributed by atoms with Gasteiger partial charge in [0.25, 0.3) is 0 Å². The van der Waals surface area contributed by atoms with E-state index in [1.54, 1.807) is 18.0 Å². The number of halogens is 3. The van der Waals surface area contributed by atoms with Gasteiger partial charge < -0.3 is 14.6 Å². The molecular weight excluding hydrogens is 471 g/mol. The predicted octanol–water partition coefficient (Wildman–Crippen LogP) is 9.12. The first-order chi connectivity index (χ1) is 16.8. The summed E-state index contributed by atoms with van der Waals surface area (Å²) < 4.78 is 47.6. The molecule has 35 heavy (non-hydrogen) atoms. The molecule has 8 heteroatoms. The Bertz CT molecular complexity index is 1210. The molecule has 0 saturated heterocycles. The van der Waals surface area contributed by atoms with Gasteiger partial charge in [-0.1, -0.05) is 57.2 Å². The highest BCUT2D eigenvalue weighted by Crippen LogP contribution is 2.39. The van der Waals surface area contributed by atoms with E-state index in [9.17, 15) is 13.2 Å². The van der Waals surface area contributed by atoms with Crippen LogP contribution in [-0.2, 0) is 6.18 Å². The second kappa shape index (κ2) is 11.2. The number of hydrogen-bond donors (Lipinski definition) is 1. The van der Waals surface area contributed by atoms with E-state index in [1.165, 1.54) is 36.7 Å². The fourth-order valence-corrected chi connectivity index (χ4v) is 4.82. The van der Waals surface area contributed by atoms with Crippen LogP contribution in [0.15, 0.2) is 58.3 Å².